The molecular formula is C17H21N3O5. The Hall–Kier alpha value is -2.35. The van der Waals surface area contributed by atoms with Gasteiger partial charge >= 0.3 is 0 Å². The Kier molecular flexibility index (Phi) is 3.99. The number of fused-ring (bicyclic) bond motifs is 2. The van der Waals surface area contributed by atoms with E-state index in [0.29, 0.717) is 63.1 Å². The molecule has 2 saturated heterocycles. The van der Waals surface area contributed by atoms with Gasteiger partial charge in [-0.1, -0.05) is 0 Å². The number of nitrogens with one attached hydrogen (secondary N) is 1. The molecule has 4 rings (SSSR count). The van der Waals surface area contributed by atoms with Crippen LogP contribution in [-0.4, -0.2) is 66.8 Å². The molecular weight excluding hydrogens is 326 g/mol. The molecule has 25 heavy (non-hydrogen) atoms. The average molecular weight is 347 g/mol. The number of hydrogen-bond acceptors (Lipinski definition) is 6. The Labute approximate surface area is 145 Å². The van der Waals surface area contributed by atoms with E-state index in [9.17, 15) is 9.59 Å². The Morgan fingerprint density at radius 1 is 1.28 bits per heavy atom. The number of pyridine rings is 1. The van der Waals surface area contributed by atoms with Crippen molar-refractivity contribution in [2.45, 2.75) is 18.9 Å². The predicted octanol–water partition coefficient (Wildman–Crippen LogP) is 0.220. The molecule has 8 nitrogen and oxygen atoms in total. The van der Waals surface area contributed by atoms with Gasteiger partial charge in [0.25, 0.3) is 5.91 Å². The Morgan fingerprint density at radius 3 is 2.88 bits per heavy atom. The lowest BCUT2D eigenvalue weighted by molar-refractivity contribution is -0.122. The summed E-state index contributed by atoms with van der Waals surface area (Å²) < 4.78 is 16.5. The van der Waals surface area contributed by atoms with Gasteiger partial charge in [-0.25, -0.2) is 4.98 Å². The van der Waals surface area contributed by atoms with Crippen molar-refractivity contribution in [3.63, 3.8) is 0 Å². The summed E-state index contributed by atoms with van der Waals surface area (Å²) >= 11 is 0. The maximum absolute atomic E-state index is 12.9. The molecule has 3 aliphatic heterocycles. The number of carbonyl (C=O) groups excluding carboxylic acids is 2. The minimum absolute atomic E-state index is 0.0846. The van der Waals surface area contributed by atoms with Crippen molar-refractivity contribution >= 4 is 11.8 Å². The topological polar surface area (TPSA) is 90.0 Å². The molecule has 2 unspecified atom stereocenters. The standard InChI is InChI=1S/C17H21N3O5/c1-11(21)19-17-2-3-23-9-12(17)8-20(10-17)16(22)13-6-14-15(7-18-13)25-5-4-24-14/h6-7,12H,2-5,8-10H2,1H3,(H,19,21). The number of ether oxygens (including phenoxy) is 3. The number of rotatable bonds is 2. The van der Waals surface area contributed by atoms with Crippen molar-refractivity contribution in [3.05, 3.63) is 18.0 Å². The molecule has 2 amide bonds. The fraction of sp³-hybridized carbons (Fsp3) is 0.588. The van der Waals surface area contributed by atoms with Crippen LogP contribution in [0.4, 0.5) is 0 Å². The van der Waals surface area contributed by atoms with Crippen molar-refractivity contribution < 1.29 is 23.8 Å². The van der Waals surface area contributed by atoms with E-state index in [2.05, 4.69) is 10.3 Å². The minimum atomic E-state index is -0.409. The van der Waals surface area contributed by atoms with Crippen LogP contribution < -0.4 is 14.8 Å². The lowest BCUT2D eigenvalue weighted by atomic mass is 9.83. The first kappa shape index (κ1) is 16.1. The molecule has 0 aliphatic carbocycles. The Balaban J connectivity index is 1.56. The summed E-state index contributed by atoms with van der Waals surface area (Å²) in [7, 11) is 0. The minimum Gasteiger partial charge on any atom is -0.486 e. The van der Waals surface area contributed by atoms with Gasteiger partial charge in [0.2, 0.25) is 5.91 Å². The molecule has 134 valence electrons. The van der Waals surface area contributed by atoms with Crippen molar-refractivity contribution in [2.75, 3.05) is 39.5 Å². The van der Waals surface area contributed by atoms with Crippen molar-refractivity contribution in [3.8, 4) is 11.5 Å². The van der Waals surface area contributed by atoms with Gasteiger partial charge in [-0.05, 0) is 6.42 Å². The van der Waals surface area contributed by atoms with Crippen LogP contribution in [0.2, 0.25) is 0 Å². The largest absolute Gasteiger partial charge is 0.486 e. The maximum Gasteiger partial charge on any atom is 0.272 e. The lowest BCUT2D eigenvalue weighted by Gasteiger charge is -2.38. The molecule has 2 fully saturated rings. The molecule has 3 aliphatic rings. The molecule has 0 bridgehead atoms. The second kappa shape index (κ2) is 6.18. The molecule has 8 heteroatoms. The van der Waals surface area contributed by atoms with Crippen LogP contribution in [0, 0.1) is 5.92 Å². The number of aromatic nitrogens is 1. The predicted molar refractivity (Wildman–Crippen MR) is 86.6 cm³/mol. The van der Waals surface area contributed by atoms with Crippen molar-refractivity contribution in [1.82, 2.24) is 15.2 Å². The molecule has 0 saturated carbocycles. The van der Waals surface area contributed by atoms with Gasteiger partial charge in [-0.15, -0.1) is 0 Å². The monoisotopic (exact) mass is 347 g/mol. The third kappa shape index (κ3) is 2.90. The van der Waals surface area contributed by atoms with E-state index >= 15 is 0 Å². The second-order valence-electron chi connectivity index (χ2n) is 6.76. The summed E-state index contributed by atoms with van der Waals surface area (Å²) in [5.74, 6) is 0.934. The number of amides is 2. The van der Waals surface area contributed by atoms with Crippen LogP contribution in [0.5, 0.6) is 11.5 Å². The zero-order valence-corrected chi connectivity index (χ0v) is 14.1. The van der Waals surface area contributed by atoms with Crippen LogP contribution >= 0.6 is 0 Å². The molecule has 1 N–H and O–H groups in total. The number of likely N-dealkylation sites (tertiary alicyclic amines) is 1. The van der Waals surface area contributed by atoms with Gasteiger partial charge < -0.3 is 24.4 Å². The highest BCUT2D eigenvalue weighted by Gasteiger charge is 2.50. The number of hydrogen-bond donors (Lipinski definition) is 1. The molecule has 1 aromatic heterocycles. The second-order valence-corrected chi connectivity index (χ2v) is 6.76. The van der Waals surface area contributed by atoms with Crippen molar-refractivity contribution in [1.29, 1.82) is 0 Å². The smallest absolute Gasteiger partial charge is 0.272 e. The van der Waals surface area contributed by atoms with Gasteiger partial charge in [0.15, 0.2) is 11.5 Å². The van der Waals surface area contributed by atoms with Crippen LogP contribution in [0.1, 0.15) is 23.8 Å². The van der Waals surface area contributed by atoms with E-state index in [1.165, 1.54) is 13.1 Å². The Morgan fingerprint density at radius 2 is 2.08 bits per heavy atom. The quantitative estimate of drug-likeness (QED) is 0.823. The molecule has 1 aromatic rings. The molecule has 4 heterocycles. The van der Waals surface area contributed by atoms with E-state index in [1.54, 1.807) is 11.0 Å². The zero-order valence-electron chi connectivity index (χ0n) is 14.1. The van der Waals surface area contributed by atoms with E-state index in [0.717, 1.165) is 0 Å². The number of carbonyl (C=O) groups is 2. The van der Waals surface area contributed by atoms with E-state index in [4.69, 9.17) is 14.2 Å². The lowest BCUT2D eigenvalue weighted by Crippen LogP contribution is -2.57. The summed E-state index contributed by atoms with van der Waals surface area (Å²) in [5, 5.41) is 3.07. The summed E-state index contributed by atoms with van der Waals surface area (Å²) in [6.45, 7) is 4.58. The van der Waals surface area contributed by atoms with Gasteiger partial charge in [-0.2, -0.15) is 0 Å². The first-order valence-corrected chi connectivity index (χ1v) is 8.49. The summed E-state index contributed by atoms with van der Waals surface area (Å²) in [5.41, 5.74) is -0.0881. The molecule has 0 radical (unpaired) electrons. The molecule has 0 spiro atoms. The summed E-state index contributed by atoms with van der Waals surface area (Å²) in [6, 6.07) is 1.63. The molecule has 0 aromatic carbocycles. The van der Waals surface area contributed by atoms with E-state index in [1.807, 2.05) is 0 Å². The van der Waals surface area contributed by atoms with Crippen LogP contribution in [0.15, 0.2) is 12.3 Å². The van der Waals surface area contributed by atoms with Gasteiger partial charge in [0.1, 0.15) is 18.9 Å². The van der Waals surface area contributed by atoms with E-state index in [-0.39, 0.29) is 17.7 Å². The normalized spacial score (nSPS) is 27.6. The fourth-order valence-electron chi connectivity index (χ4n) is 3.89. The zero-order chi connectivity index (χ0) is 17.4. The first-order valence-electron chi connectivity index (χ1n) is 8.49. The third-order valence-electron chi connectivity index (χ3n) is 5.07. The first-order chi connectivity index (χ1) is 12.1. The van der Waals surface area contributed by atoms with Gasteiger partial charge in [0, 0.05) is 38.6 Å². The maximum atomic E-state index is 12.9. The van der Waals surface area contributed by atoms with Gasteiger partial charge in [0.05, 0.1) is 18.3 Å². The number of nitrogens with zero attached hydrogens (tertiary/aromatic N) is 2. The third-order valence-corrected chi connectivity index (χ3v) is 5.07. The highest BCUT2D eigenvalue weighted by Crippen LogP contribution is 2.36. The highest BCUT2D eigenvalue weighted by molar-refractivity contribution is 5.93. The van der Waals surface area contributed by atoms with E-state index < -0.39 is 5.54 Å². The van der Waals surface area contributed by atoms with Crippen LogP contribution in [-0.2, 0) is 9.53 Å². The SMILES string of the molecule is CC(=O)NC12CCOCC1CN(C(=O)c1cc3c(cn1)OCCO3)C2. The summed E-state index contributed by atoms with van der Waals surface area (Å²) in [6.07, 6.45) is 2.23. The Bertz CT molecular complexity index is 710. The average Bonchev–Trinajstić information content (AvgIpc) is 2.99. The van der Waals surface area contributed by atoms with Crippen LogP contribution in [0.25, 0.3) is 0 Å². The fourth-order valence-corrected chi connectivity index (χ4v) is 3.89. The van der Waals surface area contributed by atoms with Crippen LogP contribution in [0.3, 0.4) is 0 Å². The summed E-state index contributed by atoms with van der Waals surface area (Å²) in [4.78, 5) is 30.5. The van der Waals surface area contributed by atoms with Crippen molar-refractivity contribution in [2.24, 2.45) is 5.92 Å². The highest BCUT2D eigenvalue weighted by atomic mass is 16.6. The van der Waals surface area contributed by atoms with Gasteiger partial charge in [-0.3, -0.25) is 9.59 Å². The molecule has 2 atom stereocenters.